The average molecular weight is 350 g/mol. The van der Waals surface area contributed by atoms with E-state index < -0.39 is 0 Å². The fraction of sp³-hybridized carbons (Fsp3) is 0.348. The molecule has 1 aromatic heterocycles. The first-order valence-electron chi connectivity index (χ1n) is 9.42. The van der Waals surface area contributed by atoms with Crippen molar-refractivity contribution in [1.29, 1.82) is 0 Å². The molecule has 136 valence electrons. The van der Waals surface area contributed by atoms with Crippen molar-refractivity contribution < 1.29 is 9.52 Å². The maximum atomic E-state index is 12.5. The second-order valence-electron chi connectivity index (χ2n) is 6.94. The monoisotopic (exact) mass is 350 g/mol. The minimum absolute atomic E-state index is 0.215. The Morgan fingerprint density at radius 1 is 1.04 bits per heavy atom. The molecule has 1 N–H and O–H groups in total. The molecule has 0 saturated heterocycles. The second-order valence-corrected chi connectivity index (χ2v) is 6.94. The van der Waals surface area contributed by atoms with Crippen LogP contribution in [0.3, 0.4) is 0 Å². The average Bonchev–Trinajstić information content (AvgIpc) is 2.64. The number of fused-ring (bicyclic) bond motifs is 1. The molecular weight excluding hydrogens is 324 g/mol. The number of phenolic OH excluding ortho intramolecular Hbond substituents is 1. The molecule has 2 aromatic carbocycles. The van der Waals surface area contributed by atoms with Gasteiger partial charge in [-0.15, -0.1) is 0 Å². The van der Waals surface area contributed by atoms with Gasteiger partial charge in [0.1, 0.15) is 11.3 Å². The standard InChI is InChI=1S/C23H26O3/c1-3-4-5-9-12-18-14-19-16(2)20(13-17-10-7-6-8-11-17)23(25)26-22(19)15-21(18)24/h6-8,10-11,14-15,24H,3-5,9,12-13H2,1-2H3. The van der Waals surface area contributed by atoms with E-state index >= 15 is 0 Å². The lowest BCUT2D eigenvalue weighted by Gasteiger charge is -2.11. The first-order valence-corrected chi connectivity index (χ1v) is 9.42. The number of aromatic hydroxyl groups is 1. The van der Waals surface area contributed by atoms with E-state index in [2.05, 4.69) is 6.92 Å². The fourth-order valence-corrected chi connectivity index (χ4v) is 3.42. The fourth-order valence-electron chi connectivity index (χ4n) is 3.42. The molecule has 26 heavy (non-hydrogen) atoms. The number of hydrogen-bond acceptors (Lipinski definition) is 3. The van der Waals surface area contributed by atoms with Crippen molar-refractivity contribution in [2.45, 2.75) is 52.4 Å². The van der Waals surface area contributed by atoms with Gasteiger partial charge in [0.2, 0.25) is 0 Å². The van der Waals surface area contributed by atoms with Crippen molar-refractivity contribution in [2.24, 2.45) is 0 Å². The van der Waals surface area contributed by atoms with E-state index in [9.17, 15) is 9.90 Å². The van der Waals surface area contributed by atoms with Gasteiger partial charge in [-0.05, 0) is 42.5 Å². The molecule has 0 aliphatic rings. The first-order chi connectivity index (χ1) is 12.6. The van der Waals surface area contributed by atoms with Crippen molar-refractivity contribution in [3.63, 3.8) is 0 Å². The number of phenols is 1. The molecular formula is C23H26O3. The van der Waals surface area contributed by atoms with Crippen molar-refractivity contribution >= 4 is 11.0 Å². The van der Waals surface area contributed by atoms with E-state index in [1.165, 1.54) is 12.8 Å². The molecule has 1 heterocycles. The molecule has 0 saturated carbocycles. The van der Waals surface area contributed by atoms with Crippen LogP contribution in [0, 0.1) is 6.92 Å². The smallest absolute Gasteiger partial charge is 0.340 e. The first kappa shape index (κ1) is 18.2. The maximum Gasteiger partial charge on any atom is 0.340 e. The number of benzene rings is 2. The second kappa shape index (κ2) is 8.22. The third kappa shape index (κ3) is 3.98. The molecule has 0 amide bonds. The van der Waals surface area contributed by atoms with Gasteiger partial charge < -0.3 is 9.52 Å². The summed E-state index contributed by atoms with van der Waals surface area (Å²) in [5.74, 6) is 0.215. The minimum atomic E-state index is -0.325. The van der Waals surface area contributed by atoms with Crippen LogP contribution in [0.25, 0.3) is 11.0 Å². The van der Waals surface area contributed by atoms with Gasteiger partial charge in [-0.1, -0.05) is 56.5 Å². The van der Waals surface area contributed by atoms with Gasteiger partial charge >= 0.3 is 5.63 Å². The molecule has 3 nitrogen and oxygen atoms in total. The zero-order valence-corrected chi connectivity index (χ0v) is 15.5. The van der Waals surface area contributed by atoms with Crippen LogP contribution in [0.1, 0.15) is 54.9 Å². The Morgan fingerprint density at radius 3 is 2.54 bits per heavy atom. The zero-order valence-electron chi connectivity index (χ0n) is 15.5. The Labute approximate surface area is 154 Å². The van der Waals surface area contributed by atoms with Crippen LogP contribution >= 0.6 is 0 Å². The number of unbranched alkanes of at least 4 members (excludes halogenated alkanes) is 3. The summed E-state index contributed by atoms with van der Waals surface area (Å²) in [4.78, 5) is 12.5. The normalized spacial score (nSPS) is 11.2. The lowest BCUT2D eigenvalue weighted by atomic mass is 9.97. The summed E-state index contributed by atoms with van der Waals surface area (Å²) >= 11 is 0. The number of hydrogen-bond donors (Lipinski definition) is 1. The molecule has 3 heteroatoms. The number of rotatable bonds is 7. The van der Waals surface area contributed by atoms with Crippen LogP contribution in [0.15, 0.2) is 51.7 Å². The van der Waals surface area contributed by atoms with Gasteiger partial charge in [0.15, 0.2) is 0 Å². The van der Waals surface area contributed by atoms with Crippen LogP contribution in [0.5, 0.6) is 5.75 Å². The molecule has 0 aliphatic heterocycles. The lowest BCUT2D eigenvalue weighted by molar-refractivity contribution is 0.464. The van der Waals surface area contributed by atoms with Crippen LogP contribution in [0.2, 0.25) is 0 Å². The molecule has 3 rings (SSSR count). The summed E-state index contributed by atoms with van der Waals surface area (Å²) in [5.41, 5.74) is 3.77. The van der Waals surface area contributed by atoms with Gasteiger partial charge in [-0.2, -0.15) is 0 Å². The number of aryl methyl sites for hydroxylation is 2. The molecule has 0 fully saturated rings. The molecule has 0 atom stereocenters. The van der Waals surface area contributed by atoms with Crippen molar-refractivity contribution in [3.8, 4) is 5.75 Å². The Kier molecular flexibility index (Phi) is 5.77. The van der Waals surface area contributed by atoms with E-state index in [0.29, 0.717) is 17.6 Å². The quantitative estimate of drug-likeness (QED) is 0.451. The molecule has 0 radical (unpaired) electrons. The van der Waals surface area contributed by atoms with E-state index in [-0.39, 0.29) is 11.4 Å². The molecule has 0 unspecified atom stereocenters. The summed E-state index contributed by atoms with van der Waals surface area (Å²) in [6.07, 6.45) is 6.02. The third-order valence-corrected chi connectivity index (χ3v) is 5.01. The van der Waals surface area contributed by atoms with Crippen LogP contribution in [0.4, 0.5) is 0 Å². The highest BCUT2D eigenvalue weighted by atomic mass is 16.4. The predicted molar refractivity (Wildman–Crippen MR) is 106 cm³/mol. The topological polar surface area (TPSA) is 50.4 Å². The Morgan fingerprint density at radius 2 is 1.81 bits per heavy atom. The minimum Gasteiger partial charge on any atom is -0.508 e. The van der Waals surface area contributed by atoms with Crippen LogP contribution in [-0.4, -0.2) is 5.11 Å². The summed E-state index contributed by atoms with van der Waals surface area (Å²) in [5, 5.41) is 11.2. The van der Waals surface area contributed by atoms with E-state index in [1.54, 1.807) is 6.07 Å². The van der Waals surface area contributed by atoms with E-state index in [4.69, 9.17) is 4.42 Å². The summed E-state index contributed by atoms with van der Waals surface area (Å²) < 4.78 is 5.51. The van der Waals surface area contributed by atoms with E-state index in [1.807, 2.05) is 43.3 Å². The highest BCUT2D eigenvalue weighted by Crippen LogP contribution is 2.29. The van der Waals surface area contributed by atoms with Crippen molar-refractivity contribution in [3.05, 3.63) is 75.1 Å². The van der Waals surface area contributed by atoms with Gasteiger partial charge in [0.25, 0.3) is 0 Å². The largest absolute Gasteiger partial charge is 0.508 e. The summed E-state index contributed by atoms with van der Waals surface area (Å²) in [7, 11) is 0. The SMILES string of the molecule is CCCCCCc1cc2c(C)c(Cc3ccccc3)c(=O)oc2cc1O. The van der Waals surface area contributed by atoms with Crippen LogP contribution < -0.4 is 5.63 Å². The zero-order chi connectivity index (χ0) is 18.5. The molecule has 0 aliphatic carbocycles. The third-order valence-electron chi connectivity index (χ3n) is 5.01. The molecule has 3 aromatic rings. The Balaban J connectivity index is 1.97. The van der Waals surface area contributed by atoms with Crippen molar-refractivity contribution in [2.75, 3.05) is 0 Å². The Hall–Kier alpha value is -2.55. The summed E-state index contributed by atoms with van der Waals surface area (Å²) in [6, 6.07) is 13.5. The highest BCUT2D eigenvalue weighted by molar-refractivity contribution is 5.83. The highest BCUT2D eigenvalue weighted by Gasteiger charge is 2.14. The van der Waals surface area contributed by atoms with Gasteiger partial charge in [-0.3, -0.25) is 0 Å². The van der Waals surface area contributed by atoms with Crippen LogP contribution in [-0.2, 0) is 12.8 Å². The Bertz CT molecular complexity index is 939. The predicted octanol–water partition coefficient (Wildman–Crippen LogP) is 5.52. The lowest BCUT2D eigenvalue weighted by Crippen LogP contribution is -2.11. The van der Waals surface area contributed by atoms with Gasteiger partial charge in [-0.25, -0.2) is 4.79 Å². The maximum absolute atomic E-state index is 12.5. The summed E-state index contributed by atoms with van der Waals surface area (Å²) in [6.45, 7) is 4.16. The molecule has 0 bridgehead atoms. The van der Waals surface area contributed by atoms with Gasteiger partial charge in [0.05, 0.1) is 0 Å². The van der Waals surface area contributed by atoms with E-state index in [0.717, 1.165) is 41.3 Å². The van der Waals surface area contributed by atoms with Gasteiger partial charge in [0, 0.05) is 23.4 Å². The molecule has 0 spiro atoms. The van der Waals surface area contributed by atoms with Crippen molar-refractivity contribution in [1.82, 2.24) is 0 Å².